The van der Waals surface area contributed by atoms with Gasteiger partial charge in [0.1, 0.15) is 17.1 Å². The topological polar surface area (TPSA) is 67.3 Å². The van der Waals surface area contributed by atoms with Crippen LogP contribution in [0.3, 0.4) is 0 Å². The molecular weight excluding hydrogens is 302 g/mol. The molecule has 3 heterocycles. The van der Waals surface area contributed by atoms with Crippen molar-refractivity contribution in [1.29, 1.82) is 0 Å². The quantitative estimate of drug-likeness (QED) is 0.626. The van der Waals surface area contributed by atoms with E-state index in [1.165, 1.54) is 0 Å². The fourth-order valence-corrected chi connectivity index (χ4v) is 3.52. The average Bonchev–Trinajstić information content (AvgIpc) is 3.27. The van der Waals surface area contributed by atoms with Crippen molar-refractivity contribution < 1.29 is 0 Å². The van der Waals surface area contributed by atoms with Crippen LogP contribution in [0.15, 0.2) is 47.3 Å². The highest BCUT2D eigenvalue weighted by Gasteiger charge is 2.16. The van der Waals surface area contributed by atoms with Gasteiger partial charge in [-0.3, -0.25) is 0 Å². The highest BCUT2D eigenvalue weighted by molar-refractivity contribution is 7.19. The molecule has 0 aliphatic heterocycles. The lowest BCUT2D eigenvalue weighted by Gasteiger charge is -1.97. The summed E-state index contributed by atoms with van der Waals surface area (Å²) in [5.74, 6) is 0. The van der Waals surface area contributed by atoms with E-state index in [2.05, 4.69) is 25.4 Å². The molecule has 0 saturated carbocycles. The van der Waals surface area contributed by atoms with E-state index >= 15 is 0 Å². The van der Waals surface area contributed by atoms with Gasteiger partial charge in [0, 0.05) is 22.5 Å². The third kappa shape index (κ3) is 2.26. The number of rotatable bonds is 3. The molecule has 5 nitrogen and oxygen atoms in total. The second-order valence-corrected chi connectivity index (χ2v) is 6.01. The smallest absolute Gasteiger partial charge is 0.152 e. The van der Waals surface area contributed by atoms with E-state index in [1.807, 2.05) is 41.1 Å². The Hall–Kier alpha value is -2.38. The summed E-state index contributed by atoms with van der Waals surface area (Å²) < 4.78 is 0. The zero-order valence-electron chi connectivity index (χ0n) is 10.7. The van der Waals surface area contributed by atoms with Crippen molar-refractivity contribution >= 4 is 22.7 Å². The largest absolute Gasteiger partial charge is 0.242 e. The van der Waals surface area contributed by atoms with Crippen molar-refractivity contribution in [1.82, 2.24) is 25.4 Å². The van der Waals surface area contributed by atoms with Crippen molar-refractivity contribution in [3.8, 4) is 32.7 Å². The Morgan fingerprint density at radius 1 is 0.905 bits per heavy atom. The Labute approximate surface area is 128 Å². The van der Waals surface area contributed by atoms with E-state index in [-0.39, 0.29) is 0 Å². The van der Waals surface area contributed by atoms with Crippen molar-refractivity contribution in [3.05, 3.63) is 47.3 Å². The lowest BCUT2D eigenvalue weighted by molar-refractivity contribution is 0.943. The van der Waals surface area contributed by atoms with Crippen LogP contribution < -0.4 is 0 Å². The van der Waals surface area contributed by atoms with Crippen LogP contribution >= 0.6 is 22.7 Å². The van der Waals surface area contributed by atoms with Crippen LogP contribution in [0.5, 0.6) is 0 Å². The molecule has 0 amide bonds. The maximum absolute atomic E-state index is 4.63. The molecule has 0 atom stereocenters. The van der Waals surface area contributed by atoms with Crippen LogP contribution in [0, 0.1) is 0 Å². The number of hydrogen-bond donors (Lipinski definition) is 1. The van der Waals surface area contributed by atoms with Gasteiger partial charge in [0.25, 0.3) is 0 Å². The number of thiazole rings is 2. The molecule has 7 heteroatoms. The fourth-order valence-electron chi connectivity index (χ4n) is 2.02. The SMILES string of the molecule is c1ccc(-c2n[nH]nc2-c2csc(-c3nccs3)n2)cc1. The molecule has 0 spiro atoms. The molecule has 21 heavy (non-hydrogen) atoms. The van der Waals surface area contributed by atoms with Gasteiger partial charge in [-0.2, -0.15) is 15.4 Å². The molecule has 0 bridgehead atoms. The van der Waals surface area contributed by atoms with Crippen molar-refractivity contribution in [2.75, 3.05) is 0 Å². The molecule has 3 aromatic heterocycles. The molecule has 0 radical (unpaired) electrons. The number of aromatic nitrogens is 5. The molecule has 0 aliphatic carbocycles. The Morgan fingerprint density at radius 3 is 2.57 bits per heavy atom. The van der Waals surface area contributed by atoms with E-state index in [9.17, 15) is 0 Å². The first-order valence-corrected chi connectivity index (χ1v) is 8.00. The Morgan fingerprint density at radius 2 is 1.76 bits per heavy atom. The monoisotopic (exact) mass is 311 g/mol. The number of H-pyrrole nitrogens is 1. The number of benzene rings is 1. The second-order valence-electron chi connectivity index (χ2n) is 4.26. The molecule has 0 fully saturated rings. The minimum Gasteiger partial charge on any atom is -0.242 e. The van der Waals surface area contributed by atoms with E-state index in [0.717, 1.165) is 32.7 Å². The molecule has 0 aliphatic rings. The van der Waals surface area contributed by atoms with Gasteiger partial charge in [-0.25, -0.2) is 9.97 Å². The highest BCUT2D eigenvalue weighted by atomic mass is 32.1. The molecule has 102 valence electrons. The minimum absolute atomic E-state index is 0.764. The molecule has 0 unspecified atom stereocenters. The summed E-state index contributed by atoms with van der Waals surface area (Å²) in [6.07, 6.45) is 1.78. The van der Waals surface area contributed by atoms with Crippen LogP contribution in [0.4, 0.5) is 0 Å². The van der Waals surface area contributed by atoms with Crippen molar-refractivity contribution in [2.24, 2.45) is 0 Å². The van der Waals surface area contributed by atoms with Gasteiger partial charge in [0.15, 0.2) is 10.0 Å². The highest BCUT2D eigenvalue weighted by Crippen LogP contribution is 2.32. The maximum atomic E-state index is 4.63. The lowest BCUT2D eigenvalue weighted by atomic mass is 10.1. The summed E-state index contributed by atoms with van der Waals surface area (Å²) in [6, 6.07) is 9.96. The number of nitrogens with one attached hydrogen (secondary N) is 1. The van der Waals surface area contributed by atoms with Crippen LogP contribution in [-0.2, 0) is 0 Å². The van der Waals surface area contributed by atoms with E-state index in [0.29, 0.717) is 0 Å². The molecule has 4 rings (SSSR count). The van der Waals surface area contributed by atoms with Gasteiger partial charge in [-0.1, -0.05) is 30.3 Å². The first kappa shape index (κ1) is 12.4. The number of hydrogen-bond acceptors (Lipinski definition) is 6. The zero-order chi connectivity index (χ0) is 14.1. The summed E-state index contributed by atoms with van der Waals surface area (Å²) >= 11 is 3.14. The standard InChI is InChI=1S/C14H9N5S2/c1-2-4-9(5-3-1)11-12(18-19-17-11)10-8-21-14(16-10)13-15-6-7-20-13/h1-8H,(H,17,18,19). The zero-order valence-corrected chi connectivity index (χ0v) is 12.4. The summed E-state index contributed by atoms with van der Waals surface area (Å²) in [5.41, 5.74) is 3.41. The van der Waals surface area contributed by atoms with Crippen LogP contribution in [0.2, 0.25) is 0 Å². The maximum Gasteiger partial charge on any atom is 0.152 e. The molecular formula is C14H9N5S2. The lowest BCUT2D eigenvalue weighted by Crippen LogP contribution is -1.84. The predicted octanol–water partition coefficient (Wildman–Crippen LogP) is 3.72. The van der Waals surface area contributed by atoms with E-state index in [4.69, 9.17) is 0 Å². The number of nitrogens with zero attached hydrogens (tertiary/aromatic N) is 4. The fraction of sp³-hybridized carbons (Fsp3) is 0. The third-order valence-corrected chi connectivity index (χ3v) is 4.72. The van der Waals surface area contributed by atoms with Crippen LogP contribution in [0.25, 0.3) is 32.7 Å². The van der Waals surface area contributed by atoms with Gasteiger partial charge < -0.3 is 0 Å². The Kier molecular flexibility index (Phi) is 3.06. The van der Waals surface area contributed by atoms with Gasteiger partial charge in [0.2, 0.25) is 0 Å². The summed E-state index contributed by atoms with van der Waals surface area (Å²) in [4.78, 5) is 8.91. The summed E-state index contributed by atoms with van der Waals surface area (Å²) in [6.45, 7) is 0. The van der Waals surface area contributed by atoms with Crippen LogP contribution in [-0.4, -0.2) is 25.4 Å². The molecule has 1 N–H and O–H groups in total. The molecule has 0 saturated heterocycles. The van der Waals surface area contributed by atoms with E-state index in [1.54, 1.807) is 28.9 Å². The first-order valence-electron chi connectivity index (χ1n) is 6.24. The summed E-state index contributed by atoms with van der Waals surface area (Å²) in [5, 5.41) is 17.0. The third-order valence-electron chi connectivity index (χ3n) is 2.96. The minimum atomic E-state index is 0.764. The van der Waals surface area contributed by atoms with Gasteiger partial charge >= 0.3 is 0 Å². The van der Waals surface area contributed by atoms with E-state index < -0.39 is 0 Å². The second kappa shape index (κ2) is 5.19. The van der Waals surface area contributed by atoms with Gasteiger partial charge in [-0.15, -0.1) is 22.7 Å². The molecule has 4 aromatic rings. The average molecular weight is 311 g/mol. The predicted molar refractivity (Wildman–Crippen MR) is 84.0 cm³/mol. The number of aromatic amines is 1. The van der Waals surface area contributed by atoms with Gasteiger partial charge in [0.05, 0.1) is 0 Å². The van der Waals surface area contributed by atoms with Crippen LogP contribution in [0.1, 0.15) is 0 Å². The normalized spacial score (nSPS) is 10.9. The van der Waals surface area contributed by atoms with Gasteiger partial charge in [-0.05, 0) is 0 Å². The summed E-state index contributed by atoms with van der Waals surface area (Å²) in [7, 11) is 0. The molecule has 1 aromatic carbocycles. The Bertz CT molecular complexity index is 849. The van der Waals surface area contributed by atoms with Crippen molar-refractivity contribution in [2.45, 2.75) is 0 Å². The first-order chi connectivity index (χ1) is 10.4. The Balaban J connectivity index is 1.77. The van der Waals surface area contributed by atoms with Crippen molar-refractivity contribution in [3.63, 3.8) is 0 Å².